The molecular formula is C16H27ClN2O2. The molecule has 21 heavy (non-hydrogen) atoms. The first kappa shape index (κ1) is 19.9. The van der Waals surface area contributed by atoms with Gasteiger partial charge in [-0.2, -0.15) is 0 Å². The highest BCUT2D eigenvalue weighted by Crippen LogP contribution is 2.13. The Bertz CT molecular complexity index is 394. The van der Waals surface area contributed by atoms with Gasteiger partial charge in [-0.3, -0.25) is 4.79 Å². The van der Waals surface area contributed by atoms with Gasteiger partial charge in [0.05, 0.1) is 6.61 Å². The quantitative estimate of drug-likeness (QED) is 0.532. The summed E-state index contributed by atoms with van der Waals surface area (Å²) in [5.74, 6) is 0.993. The van der Waals surface area contributed by atoms with Crippen molar-refractivity contribution in [1.82, 2.24) is 10.2 Å². The second-order valence-electron chi connectivity index (χ2n) is 5.06. The van der Waals surface area contributed by atoms with Crippen LogP contribution in [0.25, 0.3) is 0 Å². The van der Waals surface area contributed by atoms with Crippen LogP contribution in [-0.2, 0) is 0 Å². The molecule has 0 saturated carbocycles. The van der Waals surface area contributed by atoms with Gasteiger partial charge < -0.3 is 15.0 Å². The summed E-state index contributed by atoms with van der Waals surface area (Å²) in [5.41, 5.74) is 0.755. The standard InChI is InChI=1S/C16H26N2O2.ClH/c1-4-16(19)14-6-8-15(9-7-14)20-13-5-10-17-11-12-18(2)3;/h6-9,17H,4-5,10-13H2,1-3H3;1H. The summed E-state index contributed by atoms with van der Waals surface area (Å²) < 4.78 is 5.64. The summed E-state index contributed by atoms with van der Waals surface area (Å²) >= 11 is 0. The number of hydrogen-bond acceptors (Lipinski definition) is 4. The number of halogens is 1. The lowest BCUT2D eigenvalue weighted by Crippen LogP contribution is -2.27. The van der Waals surface area contributed by atoms with Gasteiger partial charge in [0.2, 0.25) is 0 Å². The van der Waals surface area contributed by atoms with Gasteiger partial charge in [0, 0.05) is 25.1 Å². The molecule has 0 amide bonds. The van der Waals surface area contributed by atoms with E-state index >= 15 is 0 Å². The summed E-state index contributed by atoms with van der Waals surface area (Å²) in [4.78, 5) is 13.6. The average molecular weight is 315 g/mol. The minimum atomic E-state index is 0. The molecule has 0 aliphatic carbocycles. The number of carbonyl (C=O) groups is 1. The molecule has 0 fully saturated rings. The van der Waals surface area contributed by atoms with E-state index < -0.39 is 0 Å². The van der Waals surface area contributed by atoms with Crippen LogP contribution in [0.4, 0.5) is 0 Å². The summed E-state index contributed by atoms with van der Waals surface area (Å²) in [6, 6.07) is 7.39. The molecule has 120 valence electrons. The minimum Gasteiger partial charge on any atom is -0.494 e. The molecule has 0 bridgehead atoms. The number of benzene rings is 1. The van der Waals surface area contributed by atoms with Crippen LogP contribution in [0.2, 0.25) is 0 Å². The van der Waals surface area contributed by atoms with Crippen molar-refractivity contribution in [3.8, 4) is 5.75 Å². The number of ketones is 1. The number of likely N-dealkylation sites (N-methyl/N-ethyl adjacent to an activating group) is 1. The molecule has 1 aromatic rings. The molecule has 0 aliphatic heterocycles. The smallest absolute Gasteiger partial charge is 0.162 e. The Morgan fingerprint density at radius 2 is 1.86 bits per heavy atom. The summed E-state index contributed by atoms with van der Waals surface area (Å²) in [7, 11) is 4.13. The van der Waals surface area contributed by atoms with Gasteiger partial charge in [-0.05, 0) is 51.3 Å². The average Bonchev–Trinajstić information content (AvgIpc) is 2.45. The highest BCUT2D eigenvalue weighted by molar-refractivity contribution is 5.95. The van der Waals surface area contributed by atoms with Crippen LogP contribution in [0.1, 0.15) is 30.1 Å². The Morgan fingerprint density at radius 1 is 1.19 bits per heavy atom. The molecule has 0 aromatic heterocycles. The number of nitrogens with zero attached hydrogens (tertiary/aromatic N) is 1. The van der Waals surface area contributed by atoms with E-state index in [0.717, 1.165) is 37.4 Å². The maximum atomic E-state index is 11.5. The molecular weight excluding hydrogens is 288 g/mol. The van der Waals surface area contributed by atoms with E-state index in [1.165, 1.54) is 0 Å². The third kappa shape index (κ3) is 8.71. The molecule has 5 heteroatoms. The van der Waals surface area contributed by atoms with Crippen molar-refractivity contribution >= 4 is 18.2 Å². The van der Waals surface area contributed by atoms with Crippen molar-refractivity contribution in [3.05, 3.63) is 29.8 Å². The molecule has 0 saturated heterocycles. The van der Waals surface area contributed by atoms with Crippen LogP contribution in [0.3, 0.4) is 0 Å². The fourth-order valence-electron chi connectivity index (χ4n) is 1.76. The van der Waals surface area contributed by atoms with Gasteiger partial charge in [0.1, 0.15) is 5.75 Å². The molecule has 1 aromatic carbocycles. The van der Waals surface area contributed by atoms with Gasteiger partial charge in [0.15, 0.2) is 5.78 Å². The first-order valence-corrected chi connectivity index (χ1v) is 7.25. The topological polar surface area (TPSA) is 41.6 Å². The van der Waals surface area contributed by atoms with Crippen molar-refractivity contribution in [2.45, 2.75) is 19.8 Å². The zero-order chi connectivity index (χ0) is 14.8. The van der Waals surface area contributed by atoms with E-state index in [9.17, 15) is 4.79 Å². The van der Waals surface area contributed by atoms with Crippen LogP contribution >= 0.6 is 12.4 Å². The van der Waals surface area contributed by atoms with Crippen molar-refractivity contribution in [3.63, 3.8) is 0 Å². The predicted molar refractivity (Wildman–Crippen MR) is 89.8 cm³/mol. The maximum absolute atomic E-state index is 11.5. The number of rotatable bonds is 10. The fourth-order valence-corrected chi connectivity index (χ4v) is 1.76. The molecule has 0 radical (unpaired) electrons. The number of ether oxygens (including phenoxy) is 1. The fraction of sp³-hybridized carbons (Fsp3) is 0.562. The molecule has 0 unspecified atom stereocenters. The normalized spacial score (nSPS) is 10.3. The first-order chi connectivity index (χ1) is 9.63. The maximum Gasteiger partial charge on any atom is 0.162 e. The van der Waals surface area contributed by atoms with Gasteiger partial charge in [-0.1, -0.05) is 6.92 Å². The van der Waals surface area contributed by atoms with Crippen LogP contribution < -0.4 is 10.1 Å². The highest BCUT2D eigenvalue weighted by atomic mass is 35.5. The molecule has 1 N–H and O–H groups in total. The van der Waals surface area contributed by atoms with Crippen molar-refractivity contribution in [2.75, 3.05) is 40.3 Å². The molecule has 0 aliphatic rings. The molecule has 0 heterocycles. The number of hydrogen-bond donors (Lipinski definition) is 1. The molecule has 4 nitrogen and oxygen atoms in total. The van der Waals surface area contributed by atoms with Crippen molar-refractivity contribution < 1.29 is 9.53 Å². The molecule has 0 atom stereocenters. The number of Topliss-reactive ketones (excluding diaryl/α,β-unsaturated/α-hetero) is 1. The van der Waals surface area contributed by atoms with Gasteiger partial charge >= 0.3 is 0 Å². The second kappa shape index (κ2) is 11.5. The van der Waals surface area contributed by atoms with Gasteiger partial charge in [-0.25, -0.2) is 0 Å². The number of carbonyl (C=O) groups excluding carboxylic acids is 1. The summed E-state index contributed by atoms with van der Waals surface area (Å²) in [5, 5.41) is 3.37. The van der Waals surface area contributed by atoms with Crippen LogP contribution in [0.15, 0.2) is 24.3 Å². The first-order valence-electron chi connectivity index (χ1n) is 7.25. The third-order valence-electron chi connectivity index (χ3n) is 3.00. The van der Waals surface area contributed by atoms with Crippen molar-refractivity contribution in [1.29, 1.82) is 0 Å². The summed E-state index contributed by atoms with van der Waals surface area (Å²) in [6.07, 6.45) is 1.52. The predicted octanol–water partition coefficient (Wildman–Crippen LogP) is 2.62. The molecule has 1 rings (SSSR count). The summed E-state index contributed by atoms with van der Waals surface area (Å²) in [6.45, 7) is 5.57. The van der Waals surface area contributed by atoms with E-state index in [0.29, 0.717) is 13.0 Å². The SMILES string of the molecule is CCC(=O)c1ccc(OCCCNCCN(C)C)cc1.Cl. The van der Waals surface area contributed by atoms with Crippen molar-refractivity contribution in [2.24, 2.45) is 0 Å². The Labute approximate surface area is 134 Å². The van der Waals surface area contributed by atoms with E-state index in [-0.39, 0.29) is 18.2 Å². The van der Waals surface area contributed by atoms with E-state index in [2.05, 4.69) is 24.3 Å². The Balaban J connectivity index is 0.00000400. The van der Waals surface area contributed by atoms with E-state index in [1.807, 2.05) is 31.2 Å². The largest absolute Gasteiger partial charge is 0.494 e. The third-order valence-corrected chi connectivity index (χ3v) is 3.00. The van der Waals surface area contributed by atoms with Crippen LogP contribution in [-0.4, -0.2) is 51.0 Å². The lowest BCUT2D eigenvalue weighted by atomic mass is 10.1. The Hall–Kier alpha value is -1.10. The number of nitrogens with one attached hydrogen (secondary N) is 1. The van der Waals surface area contributed by atoms with Crippen LogP contribution in [0, 0.1) is 0 Å². The lowest BCUT2D eigenvalue weighted by Gasteiger charge is -2.10. The van der Waals surface area contributed by atoms with Gasteiger partial charge in [-0.15, -0.1) is 12.4 Å². The zero-order valence-electron chi connectivity index (χ0n) is 13.2. The monoisotopic (exact) mass is 314 g/mol. The van der Waals surface area contributed by atoms with E-state index in [1.54, 1.807) is 0 Å². The zero-order valence-corrected chi connectivity index (χ0v) is 14.0. The highest BCUT2D eigenvalue weighted by Gasteiger charge is 2.02. The lowest BCUT2D eigenvalue weighted by molar-refractivity contribution is 0.0988. The minimum absolute atomic E-state index is 0. The Morgan fingerprint density at radius 3 is 2.43 bits per heavy atom. The van der Waals surface area contributed by atoms with Crippen LogP contribution in [0.5, 0.6) is 5.75 Å². The second-order valence-corrected chi connectivity index (χ2v) is 5.06. The molecule has 0 spiro atoms. The Kier molecular flexibility index (Phi) is 10.9. The van der Waals surface area contributed by atoms with E-state index in [4.69, 9.17) is 4.74 Å². The van der Waals surface area contributed by atoms with Gasteiger partial charge in [0.25, 0.3) is 0 Å².